The summed E-state index contributed by atoms with van der Waals surface area (Å²) in [6, 6.07) is 6.35. The number of para-hydroxylation sites is 1. The van der Waals surface area contributed by atoms with Crippen molar-refractivity contribution in [1.82, 2.24) is 9.97 Å². The Balaban J connectivity index is 2.16. The Labute approximate surface area is 125 Å². The van der Waals surface area contributed by atoms with Crippen LogP contribution in [0.25, 0.3) is 11.3 Å². The second-order valence-corrected chi connectivity index (χ2v) is 5.30. The summed E-state index contributed by atoms with van der Waals surface area (Å²) in [4.78, 5) is 8.90. The van der Waals surface area contributed by atoms with Gasteiger partial charge in [-0.05, 0) is 30.9 Å². The lowest BCUT2D eigenvalue weighted by Crippen LogP contribution is -2.10. The van der Waals surface area contributed by atoms with E-state index in [1.807, 2.05) is 7.05 Å². The van der Waals surface area contributed by atoms with E-state index in [1.165, 1.54) is 11.1 Å². The van der Waals surface area contributed by atoms with Gasteiger partial charge in [-0.25, -0.2) is 9.97 Å². The third-order valence-electron chi connectivity index (χ3n) is 3.87. The van der Waals surface area contributed by atoms with Crippen molar-refractivity contribution in [2.24, 2.45) is 0 Å². The molecule has 0 saturated carbocycles. The zero-order valence-electron chi connectivity index (χ0n) is 12.6. The zero-order chi connectivity index (χ0) is 14.7. The monoisotopic (exact) mass is 283 g/mol. The highest BCUT2D eigenvalue weighted by molar-refractivity contribution is 5.75. The van der Waals surface area contributed by atoms with E-state index in [0.717, 1.165) is 55.1 Å². The fourth-order valence-corrected chi connectivity index (χ4v) is 2.92. The van der Waals surface area contributed by atoms with Crippen LogP contribution in [-0.2, 0) is 12.8 Å². The van der Waals surface area contributed by atoms with Crippen LogP contribution in [0.1, 0.15) is 30.9 Å². The maximum absolute atomic E-state index is 5.93. The molecule has 1 aromatic heterocycles. The highest BCUT2D eigenvalue weighted by Gasteiger charge is 2.19. The van der Waals surface area contributed by atoms with Crippen molar-refractivity contribution < 1.29 is 4.74 Å². The predicted octanol–water partition coefficient (Wildman–Crippen LogP) is 3.46. The highest BCUT2D eigenvalue weighted by atomic mass is 16.5. The van der Waals surface area contributed by atoms with Gasteiger partial charge in [0, 0.05) is 18.2 Å². The van der Waals surface area contributed by atoms with E-state index in [-0.39, 0.29) is 0 Å². The molecule has 1 aromatic carbocycles. The minimum absolute atomic E-state index is 0.789. The minimum Gasteiger partial charge on any atom is -0.493 e. The molecule has 0 aliphatic carbocycles. The van der Waals surface area contributed by atoms with Crippen LogP contribution in [0.3, 0.4) is 0 Å². The summed E-state index contributed by atoms with van der Waals surface area (Å²) >= 11 is 0. The molecule has 0 unspecified atom stereocenters. The molecule has 0 atom stereocenters. The molecular weight excluding hydrogens is 262 g/mol. The highest BCUT2D eigenvalue weighted by Crippen LogP contribution is 2.38. The van der Waals surface area contributed by atoms with Gasteiger partial charge >= 0.3 is 0 Å². The number of fused-ring (bicyclic) bond motifs is 1. The molecule has 0 amide bonds. The molecule has 0 fully saturated rings. The van der Waals surface area contributed by atoms with Crippen LogP contribution in [0.5, 0.6) is 5.75 Å². The summed E-state index contributed by atoms with van der Waals surface area (Å²) in [5.41, 5.74) is 4.54. The van der Waals surface area contributed by atoms with Crippen LogP contribution in [0.15, 0.2) is 24.5 Å². The van der Waals surface area contributed by atoms with Crippen molar-refractivity contribution in [2.75, 3.05) is 19.0 Å². The molecule has 3 rings (SSSR count). The molecule has 4 heteroatoms. The topological polar surface area (TPSA) is 47.0 Å². The summed E-state index contributed by atoms with van der Waals surface area (Å²) in [7, 11) is 1.90. The Hall–Kier alpha value is -2.10. The van der Waals surface area contributed by atoms with Gasteiger partial charge in [0.25, 0.3) is 0 Å². The van der Waals surface area contributed by atoms with Crippen LogP contribution in [0.2, 0.25) is 0 Å². The third-order valence-corrected chi connectivity index (χ3v) is 3.87. The van der Waals surface area contributed by atoms with Crippen molar-refractivity contribution >= 4 is 5.82 Å². The van der Waals surface area contributed by atoms with Gasteiger partial charge in [0.05, 0.1) is 12.3 Å². The minimum atomic E-state index is 0.789. The maximum atomic E-state index is 5.93. The first kappa shape index (κ1) is 13.9. The molecule has 4 nitrogen and oxygen atoms in total. The van der Waals surface area contributed by atoms with Gasteiger partial charge in [-0.15, -0.1) is 0 Å². The summed E-state index contributed by atoms with van der Waals surface area (Å²) in [6.45, 7) is 2.96. The molecule has 2 heterocycles. The van der Waals surface area contributed by atoms with Gasteiger partial charge in [0.15, 0.2) is 0 Å². The third kappa shape index (κ3) is 2.58. The molecule has 1 aliphatic rings. The summed E-state index contributed by atoms with van der Waals surface area (Å²) in [6.07, 6.45) is 5.81. The molecule has 1 N–H and O–H groups in total. The number of hydrogen-bond acceptors (Lipinski definition) is 4. The maximum Gasteiger partial charge on any atom is 0.132 e. The number of nitrogens with one attached hydrogen (secondary N) is 1. The van der Waals surface area contributed by atoms with Crippen molar-refractivity contribution in [3.63, 3.8) is 0 Å². The Morgan fingerprint density at radius 2 is 2.19 bits per heavy atom. The fraction of sp³-hybridized carbons (Fsp3) is 0.412. The number of rotatable bonds is 4. The van der Waals surface area contributed by atoms with Crippen LogP contribution in [-0.4, -0.2) is 23.6 Å². The standard InChI is InChI=1S/C17H21N3O/c1-3-6-14-15(19-11-20-17(14)18-2)13-9-4-7-12-8-5-10-21-16(12)13/h4,7,9,11H,3,5-6,8,10H2,1-2H3,(H,18,19,20). The lowest BCUT2D eigenvalue weighted by molar-refractivity contribution is 0.289. The van der Waals surface area contributed by atoms with Crippen LogP contribution in [0, 0.1) is 0 Å². The number of aromatic nitrogens is 2. The fourth-order valence-electron chi connectivity index (χ4n) is 2.92. The largest absolute Gasteiger partial charge is 0.493 e. The van der Waals surface area contributed by atoms with Gasteiger partial charge in [-0.3, -0.25) is 0 Å². The van der Waals surface area contributed by atoms with E-state index in [2.05, 4.69) is 40.4 Å². The Morgan fingerprint density at radius 3 is 3.00 bits per heavy atom. The quantitative estimate of drug-likeness (QED) is 0.933. The van der Waals surface area contributed by atoms with Crippen LogP contribution in [0.4, 0.5) is 5.82 Å². The molecule has 0 bridgehead atoms. The van der Waals surface area contributed by atoms with Gasteiger partial charge in [0.2, 0.25) is 0 Å². The zero-order valence-corrected chi connectivity index (χ0v) is 12.6. The molecule has 0 spiro atoms. The summed E-state index contributed by atoms with van der Waals surface area (Å²) in [5.74, 6) is 1.91. The lowest BCUT2D eigenvalue weighted by Gasteiger charge is -2.21. The second kappa shape index (κ2) is 6.12. The van der Waals surface area contributed by atoms with Gasteiger partial charge in [-0.1, -0.05) is 25.5 Å². The molecule has 110 valence electrons. The number of nitrogens with zero attached hydrogens (tertiary/aromatic N) is 2. The summed E-state index contributed by atoms with van der Waals surface area (Å²) in [5, 5.41) is 3.18. The average molecular weight is 283 g/mol. The summed E-state index contributed by atoms with van der Waals surface area (Å²) < 4.78 is 5.93. The Kier molecular flexibility index (Phi) is 4.04. The number of anilines is 1. The van der Waals surface area contributed by atoms with Crippen LogP contribution >= 0.6 is 0 Å². The van der Waals surface area contributed by atoms with Crippen molar-refractivity contribution in [1.29, 1.82) is 0 Å². The number of benzene rings is 1. The van der Waals surface area contributed by atoms with E-state index in [0.29, 0.717) is 0 Å². The SMILES string of the molecule is CCCc1c(NC)ncnc1-c1cccc2c1OCCC2. The van der Waals surface area contributed by atoms with Gasteiger partial charge in [-0.2, -0.15) is 0 Å². The molecule has 2 aromatic rings. The Morgan fingerprint density at radius 1 is 1.29 bits per heavy atom. The normalized spacial score (nSPS) is 13.4. The first-order chi connectivity index (χ1) is 10.3. The number of hydrogen-bond donors (Lipinski definition) is 1. The lowest BCUT2D eigenvalue weighted by atomic mass is 9.97. The van der Waals surface area contributed by atoms with E-state index in [9.17, 15) is 0 Å². The number of ether oxygens (including phenoxy) is 1. The van der Waals surface area contributed by atoms with E-state index < -0.39 is 0 Å². The van der Waals surface area contributed by atoms with Crippen molar-refractivity contribution in [3.8, 4) is 17.0 Å². The first-order valence-electron chi connectivity index (χ1n) is 7.61. The van der Waals surface area contributed by atoms with E-state index in [1.54, 1.807) is 6.33 Å². The van der Waals surface area contributed by atoms with Crippen LogP contribution < -0.4 is 10.1 Å². The molecular formula is C17H21N3O. The molecule has 21 heavy (non-hydrogen) atoms. The smallest absolute Gasteiger partial charge is 0.132 e. The van der Waals surface area contributed by atoms with Crippen molar-refractivity contribution in [2.45, 2.75) is 32.6 Å². The molecule has 0 saturated heterocycles. The first-order valence-corrected chi connectivity index (χ1v) is 7.61. The average Bonchev–Trinajstić information content (AvgIpc) is 2.55. The number of aryl methyl sites for hydroxylation is 1. The second-order valence-electron chi connectivity index (χ2n) is 5.30. The van der Waals surface area contributed by atoms with E-state index >= 15 is 0 Å². The Bertz CT molecular complexity index is 640. The molecule has 0 radical (unpaired) electrons. The van der Waals surface area contributed by atoms with Gasteiger partial charge < -0.3 is 10.1 Å². The van der Waals surface area contributed by atoms with Gasteiger partial charge in [0.1, 0.15) is 17.9 Å². The van der Waals surface area contributed by atoms with E-state index in [4.69, 9.17) is 4.74 Å². The van der Waals surface area contributed by atoms with Crippen molar-refractivity contribution in [3.05, 3.63) is 35.7 Å². The molecule has 1 aliphatic heterocycles. The predicted molar refractivity (Wildman–Crippen MR) is 84.8 cm³/mol.